The standard InChI is InChI=1S/C18H20IN3O5/c1-11-8-16(27-20-11)18(24)22-6-4-21(5-7-22)17(23)12-9-14(25-2)15(26-3)10-13(12)19/h8-10H,4-7H2,1-3H3. The molecule has 2 heterocycles. The van der Waals surface area contributed by atoms with E-state index in [1.807, 2.05) is 0 Å². The van der Waals surface area contributed by atoms with E-state index in [0.717, 1.165) is 3.57 Å². The van der Waals surface area contributed by atoms with Gasteiger partial charge in [0.1, 0.15) is 0 Å². The van der Waals surface area contributed by atoms with Gasteiger partial charge in [0, 0.05) is 35.8 Å². The van der Waals surface area contributed by atoms with Gasteiger partial charge in [-0.1, -0.05) is 5.16 Å². The molecule has 2 aromatic rings. The number of hydrogen-bond donors (Lipinski definition) is 0. The molecular formula is C18H20IN3O5. The quantitative estimate of drug-likeness (QED) is 0.618. The second-order valence-corrected chi connectivity index (χ2v) is 7.27. The average Bonchev–Trinajstić information content (AvgIpc) is 3.13. The third-order valence-electron chi connectivity index (χ3n) is 4.40. The summed E-state index contributed by atoms with van der Waals surface area (Å²) in [5, 5.41) is 3.75. The molecule has 27 heavy (non-hydrogen) atoms. The van der Waals surface area contributed by atoms with E-state index < -0.39 is 0 Å². The molecule has 0 spiro atoms. The average molecular weight is 485 g/mol. The smallest absolute Gasteiger partial charge is 0.292 e. The van der Waals surface area contributed by atoms with Gasteiger partial charge in [0.05, 0.1) is 25.5 Å². The number of hydrogen-bond acceptors (Lipinski definition) is 6. The summed E-state index contributed by atoms with van der Waals surface area (Å²) >= 11 is 2.11. The summed E-state index contributed by atoms with van der Waals surface area (Å²) in [5.41, 5.74) is 1.22. The van der Waals surface area contributed by atoms with Crippen molar-refractivity contribution in [2.45, 2.75) is 6.92 Å². The summed E-state index contributed by atoms with van der Waals surface area (Å²) < 4.78 is 16.4. The van der Waals surface area contributed by atoms with E-state index in [0.29, 0.717) is 48.9 Å². The zero-order valence-corrected chi connectivity index (χ0v) is 17.5. The third kappa shape index (κ3) is 4.02. The van der Waals surface area contributed by atoms with Crippen LogP contribution in [0.3, 0.4) is 0 Å². The van der Waals surface area contributed by atoms with Crippen molar-refractivity contribution >= 4 is 34.4 Å². The van der Waals surface area contributed by atoms with Crippen LogP contribution in [-0.4, -0.2) is 67.2 Å². The van der Waals surface area contributed by atoms with Crippen molar-refractivity contribution < 1.29 is 23.6 Å². The summed E-state index contributed by atoms with van der Waals surface area (Å²) in [4.78, 5) is 28.8. The van der Waals surface area contributed by atoms with Crippen molar-refractivity contribution in [3.8, 4) is 11.5 Å². The number of carbonyl (C=O) groups is 2. The van der Waals surface area contributed by atoms with Crippen LogP contribution in [0.15, 0.2) is 22.7 Å². The van der Waals surface area contributed by atoms with Crippen molar-refractivity contribution in [1.82, 2.24) is 15.0 Å². The molecular weight excluding hydrogens is 465 g/mol. The first-order chi connectivity index (χ1) is 12.9. The van der Waals surface area contributed by atoms with Gasteiger partial charge in [-0.15, -0.1) is 0 Å². The van der Waals surface area contributed by atoms with Crippen LogP contribution in [0.2, 0.25) is 0 Å². The molecule has 1 aromatic heterocycles. The van der Waals surface area contributed by atoms with E-state index in [-0.39, 0.29) is 17.6 Å². The summed E-state index contributed by atoms with van der Waals surface area (Å²) in [6.07, 6.45) is 0. The predicted molar refractivity (Wildman–Crippen MR) is 105 cm³/mol. The van der Waals surface area contributed by atoms with Crippen molar-refractivity contribution in [2.24, 2.45) is 0 Å². The van der Waals surface area contributed by atoms with Crippen LogP contribution >= 0.6 is 22.6 Å². The molecule has 3 rings (SSSR count). The maximum Gasteiger partial charge on any atom is 0.292 e. The maximum absolute atomic E-state index is 12.9. The third-order valence-corrected chi connectivity index (χ3v) is 5.29. The number of aromatic nitrogens is 1. The molecule has 0 aliphatic carbocycles. The van der Waals surface area contributed by atoms with Gasteiger partial charge in [0.25, 0.3) is 11.8 Å². The minimum atomic E-state index is -0.205. The summed E-state index contributed by atoms with van der Waals surface area (Å²) in [5.74, 6) is 1.01. The Balaban J connectivity index is 1.69. The fourth-order valence-electron chi connectivity index (χ4n) is 2.92. The minimum absolute atomic E-state index is 0.0945. The lowest BCUT2D eigenvalue weighted by molar-refractivity contribution is 0.0512. The second kappa shape index (κ2) is 8.15. The lowest BCUT2D eigenvalue weighted by atomic mass is 10.1. The molecule has 8 nitrogen and oxygen atoms in total. The number of methoxy groups -OCH3 is 2. The topological polar surface area (TPSA) is 85.1 Å². The molecule has 0 saturated carbocycles. The van der Waals surface area contributed by atoms with Gasteiger partial charge in [-0.25, -0.2) is 0 Å². The fraction of sp³-hybridized carbons (Fsp3) is 0.389. The number of carbonyl (C=O) groups excluding carboxylic acids is 2. The Morgan fingerprint density at radius 2 is 1.56 bits per heavy atom. The molecule has 1 aliphatic heterocycles. The highest BCUT2D eigenvalue weighted by molar-refractivity contribution is 14.1. The molecule has 1 aliphatic rings. The lowest BCUT2D eigenvalue weighted by Crippen LogP contribution is -2.50. The first-order valence-electron chi connectivity index (χ1n) is 8.38. The number of rotatable bonds is 4. The van der Waals surface area contributed by atoms with Gasteiger partial charge < -0.3 is 23.8 Å². The number of aryl methyl sites for hydroxylation is 1. The number of piperazine rings is 1. The number of nitrogens with zero attached hydrogens (tertiary/aromatic N) is 3. The SMILES string of the molecule is COc1cc(I)c(C(=O)N2CCN(C(=O)c3cc(C)no3)CC2)cc1OC. The van der Waals surface area contributed by atoms with Crippen molar-refractivity contribution in [1.29, 1.82) is 0 Å². The van der Waals surface area contributed by atoms with E-state index in [2.05, 4.69) is 27.7 Å². The number of ether oxygens (including phenoxy) is 2. The highest BCUT2D eigenvalue weighted by atomic mass is 127. The van der Waals surface area contributed by atoms with Gasteiger partial charge in [-0.05, 0) is 41.6 Å². The second-order valence-electron chi connectivity index (χ2n) is 6.10. The van der Waals surface area contributed by atoms with Crippen molar-refractivity contribution in [2.75, 3.05) is 40.4 Å². The molecule has 2 amide bonds. The van der Waals surface area contributed by atoms with E-state index >= 15 is 0 Å². The zero-order valence-electron chi connectivity index (χ0n) is 15.3. The van der Waals surface area contributed by atoms with E-state index in [1.165, 1.54) is 7.11 Å². The van der Waals surface area contributed by atoms with E-state index in [9.17, 15) is 9.59 Å². The molecule has 0 bridgehead atoms. The van der Waals surface area contributed by atoms with Gasteiger partial charge >= 0.3 is 0 Å². The maximum atomic E-state index is 12.9. The van der Waals surface area contributed by atoms with Gasteiger partial charge in [0.15, 0.2) is 11.5 Å². The minimum Gasteiger partial charge on any atom is -0.493 e. The van der Waals surface area contributed by atoms with Gasteiger partial charge in [-0.3, -0.25) is 9.59 Å². The molecule has 1 fully saturated rings. The molecule has 1 saturated heterocycles. The molecule has 9 heteroatoms. The summed E-state index contributed by atoms with van der Waals surface area (Å²) in [6.45, 7) is 3.54. The van der Waals surface area contributed by atoms with Crippen molar-refractivity contribution in [3.63, 3.8) is 0 Å². The molecule has 0 radical (unpaired) electrons. The summed E-state index contributed by atoms with van der Waals surface area (Å²) in [7, 11) is 3.09. The van der Waals surface area contributed by atoms with Crippen LogP contribution < -0.4 is 9.47 Å². The molecule has 0 N–H and O–H groups in total. The van der Waals surface area contributed by atoms with Gasteiger partial charge in [0.2, 0.25) is 5.76 Å². The molecule has 1 aromatic carbocycles. The Morgan fingerprint density at radius 3 is 2.07 bits per heavy atom. The van der Waals surface area contributed by atoms with Crippen LogP contribution in [0.4, 0.5) is 0 Å². The van der Waals surface area contributed by atoms with Crippen LogP contribution in [-0.2, 0) is 0 Å². The Labute approximate surface area is 170 Å². The first-order valence-corrected chi connectivity index (χ1v) is 9.46. The predicted octanol–water partition coefficient (Wildman–Crippen LogP) is 2.20. The van der Waals surface area contributed by atoms with E-state index in [4.69, 9.17) is 14.0 Å². The molecule has 0 atom stereocenters. The largest absolute Gasteiger partial charge is 0.493 e. The lowest BCUT2D eigenvalue weighted by Gasteiger charge is -2.34. The van der Waals surface area contributed by atoms with Crippen LogP contribution in [0.25, 0.3) is 0 Å². The Bertz CT molecular complexity index is 859. The van der Waals surface area contributed by atoms with E-state index in [1.54, 1.807) is 42.0 Å². The summed E-state index contributed by atoms with van der Waals surface area (Å²) in [6, 6.07) is 5.09. The number of halogens is 1. The zero-order chi connectivity index (χ0) is 19.6. The highest BCUT2D eigenvalue weighted by Gasteiger charge is 2.28. The van der Waals surface area contributed by atoms with Crippen LogP contribution in [0, 0.1) is 10.5 Å². The number of benzene rings is 1. The Morgan fingerprint density at radius 1 is 1.00 bits per heavy atom. The number of amides is 2. The fourth-order valence-corrected chi connectivity index (χ4v) is 3.59. The highest BCUT2D eigenvalue weighted by Crippen LogP contribution is 2.32. The first kappa shape index (κ1) is 19.5. The molecule has 0 unspecified atom stereocenters. The Kier molecular flexibility index (Phi) is 5.88. The normalized spacial score (nSPS) is 14.2. The van der Waals surface area contributed by atoms with Gasteiger partial charge in [-0.2, -0.15) is 0 Å². The monoisotopic (exact) mass is 485 g/mol. The van der Waals surface area contributed by atoms with Crippen LogP contribution in [0.1, 0.15) is 26.6 Å². The molecule has 144 valence electrons. The Hall–Kier alpha value is -2.30. The van der Waals surface area contributed by atoms with Crippen LogP contribution in [0.5, 0.6) is 11.5 Å². The van der Waals surface area contributed by atoms with Crippen molar-refractivity contribution in [3.05, 3.63) is 38.8 Å².